The number of carbonyl (C=O) groups is 2. The summed E-state index contributed by atoms with van der Waals surface area (Å²) in [4.78, 5) is 25.4. The number of ether oxygens (including phenoxy) is 1. The van der Waals surface area contributed by atoms with Crippen molar-refractivity contribution in [1.82, 2.24) is 10.2 Å². The normalized spacial score (nSPS) is 18.9. The van der Waals surface area contributed by atoms with Crippen LogP contribution in [0.3, 0.4) is 0 Å². The monoisotopic (exact) mass is 368 g/mol. The second-order valence-corrected chi connectivity index (χ2v) is 8.39. The molecule has 8 heteroatoms. The molecule has 0 aliphatic carbocycles. The fourth-order valence-corrected chi connectivity index (χ4v) is 4.51. The van der Waals surface area contributed by atoms with E-state index in [1.54, 1.807) is 43.1 Å². The average Bonchev–Trinajstić information content (AvgIpc) is 2.94. The predicted octanol–water partition coefficient (Wildman–Crippen LogP) is 0.598. The molecule has 1 aliphatic heterocycles. The van der Waals surface area contributed by atoms with Crippen molar-refractivity contribution in [3.8, 4) is 0 Å². The molecule has 0 spiro atoms. The van der Waals surface area contributed by atoms with Gasteiger partial charge in [0.1, 0.15) is 0 Å². The Labute approximate surface area is 148 Å². The molecule has 1 amide bonds. The second kappa shape index (κ2) is 8.44. The van der Waals surface area contributed by atoms with E-state index in [0.717, 1.165) is 5.56 Å². The number of nitrogens with one attached hydrogen (secondary N) is 1. The third-order valence-corrected chi connectivity index (χ3v) is 5.93. The Hall–Kier alpha value is -1.93. The maximum atomic E-state index is 12.0. The highest BCUT2D eigenvalue weighted by atomic mass is 32.2. The molecule has 2 rings (SSSR count). The lowest BCUT2D eigenvalue weighted by atomic mass is 10.1. The zero-order valence-electron chi connectivity index (χ0n) is 14.5. The van der Waals surface area contributed by atoms with Crippen LogP contribution in [0.2, 0.25) is 0 Å². The standard InChI is InChI=1S/C17H24N2O5S/c1-3-24-17(21)14-6-4-13(5-7-14)10-18-16(20)11-19(2)15-8-9-25(22,23)12-15/h4-7,15H,3,8-12H2,1-2H3,(H,18,20)/t15-/m0/s1. The Bertz CT molecular complexity index is 715. The fraction of sp³-hybridized carbons (Fsp3) is 0.529. The number of hydrogen-bond acceptors (Lipinski definition) is 6. The molecule has 0 aromatic heterocycles. The van der Waals surface area contributed by atoms with Crippen LogP contribution in [-0.2, 0) is 25.9 Å². The van der Waals surface area contributed by atoms with Crippen molar-refractivity contribution >= 4 is 21.7 Å². The molecule has 1 aromatic rings. The first-order chi connectivity index (χ1) is 11.8. The molecule has 0 unspecified atom stereocenters. The van der Waals surface area contributed by atoms with E-state index in [2.05, 4.69) is 5.32 Å². The van der Waals surface area contributed by atoms with Crippen LogP contribution in [0, 0.1) is 0 Å². The minimum atomic E-state index is -2.96. The van der Waals surface area contributed by atoms with Crippen LogP contribution in [0.15, 0.2) is 24.3 Å². The summed E-state index contributed by atoms with van der Waals surface area (Å²) < 4.78 is 27.9. The summed E-state index contributed by atoms with van der Waals surface area (Å²) in [6, 6.07) is 6.75. The summed E-state index contributed by atoms with van der Waals surface area (Å²) >= 11 is 0. The highest BCUT2D eigenvalue weighted by molar-refractivity contribution is 7.91. The number of carbonyl (C=O) groups excluding carboxylic acids is 2. The third kappa shape index (κ3) is 5.82. The van der Waals surface area contributed by atoms with Gasteiger partial charge < -0.3 is 10.1 Å². The third-order valence-electron chi connectivity index (χ3n) is 4.18. The summed E-state index contributed by atoms with van der Waals surface area (Å²) in [7, 11) is -1.19. The van der Waals surface area contributed by atoms with Gasteiger partial charge in [-0.1, -0.05) is 12.1 Å². The number of benzene rings is 1. The molecule has 1 aromatic carbocycles. The van der Waals surface area contributed by atoms with Crippen molar-refractivity contribution in [3.05, 3.63) is 35.4 Å². The van der Waals surface area contributed by atoms with E-state index in [-0.39, 0.29) is 36.0 Å². The first-order valence-electron chi connectivity index (χ1n) is 8.24. The van der Waals surface area contributed by atoms with Crippen LogP contribution in [0.5, 0.6) is 0 Å². The molecule has 138 valence electrons. The lowest BCUT2D eigenvalue weighted by Gasteiger charge is -2.22. The number of rotatable bonds is 7. The summed E-state index contributed by atoms with van der Waals surface area (Å²) in [5, 5.41) is 2.80. The lowest BCUT2D eigenvalue weighted by Crippen LogP contribution is -2.41. The van der Waals surface area contributed by atoms with Gasteiger partial charge in [-0.15, -0.1) is 0 Å². The zero-order valence-corrected chi connectivity index (χ0v) is 15.3. The first-order valence-corrected chi connectivity index (χ1v) is 10.1. The molecule has 0 saturated carbocycles. The molecule has 1 fully saturated rings. The molecule has 7 nitrogen and oxygen atoms in total. The largest absolute Gasteiger partial charge is 0.462 e. The molecule has 1 heterocycles. The van der Waals surface area contributed by atoms with E-state index in [4.69, 9.17) is 4.74 Å². The quantitative estimate of drug-likeness (QED) is 0.709. The van der Waals surface area contributed by atoms with Gasteiger partial charge >= 0.3 is 5.97 Å². The van der Waals surface area contributed by atoms with Gasteiger partial charge in [-0.2, -0.15) is 0 Å². The van der Waals surface area contributed by atoms with Gasteiger partial charge in [-0.05, 0) is 38.1 Å². The molecule has 0 bridgehead atoms. The summed E-state index contributed by atoms with van der Waals surface area (Å²) in [6.45, 7) is 2.58. The molecule has 1 saturated heterocycles. The van der Waals surface area contributed by atoms with Crippen molar-refractivity contribution in [3.63, 3.8) is 0 Å². The number of nitrogens with zero attached hydrogens (tertiary/aromatic N) is 1. The maximum absolute atomic E-state index is 12.0. The van der Waals surface area contributed by atoms with Crippen LogP contribution < -0.4 is 5.32 Å². The van der Waals surface area contributed by atoms with Crippen LogP contribution in [-0.4, -0.2) is 62.9 Å². The molecule has 25 heavy (non-hydrogen) atoms. The smallest absolute Gasteiger partial charge is 0.338 e. The average molecular weight is 368 g/mol. The zero-order chi connectivity index (χ0) is 18.4. The molecular formula is C17H24N2O5S. The van der Waals surface area contributed by atoms with E-state index < -0.39 is 9.84 Å². The van der Waals surface area contributed by atoms with Crippen molar-refractivity contribution in [2.45, 2.75) is 25.9 Å². The van der Waals surface area contributed by atoms with Crippen molar-refractivity contribution < 1.29 is 22.7 Å². The lowest BCUT2D eigenvalue weighted by molar-refractivity contribution is -0.122. The Balaban J connectivity index is 1.79. The first kappa shape index (κ1) is 19.4. The summed E-state index contributed by atoms with van der Waals surface area (Å²) in [5.74, 6) is -0.227. The minimum Gasteiger partial charge on any atom is -0.462 e. The minimum absolute atomic E-state index is 0.0976. The Morgan fingerprint density at radius 3 is 2.52 bits per heavy atom. The van der Waals surface area contributed by atoms with Crippen LogP contribution in [0.25, 0.3) is 0 Å². The second-order valence-electron chi connectivity index (χ2n) is 6.17. The van der Waals surface area contributed by atoms with Gasteiger partial charge in [0.25, 0.3) is 0 Å². The van der Waals surface area contributed by atoms with Crippen molar-refractivity contribution in [2.24, 2.45) is 0 Å². The topological polar surface area (TPSA) is 92.8 Å². The van der Waals surface area contributed by atoms with Gasteiger partial charge in [0.2, 0.25) is 5.91 Å². The van der Waals surface area contributed by atoms with Crippen molar-refractivity contribution in [2.75, 3.05) is 31.7 Å². The van der Waals surface area contributed by atoms with E-state index in [1.165, 1.54) is 0 Å². The Morgan fingerprint density at radius 1 is 1.28 bits per heavy atom. The predicted molar refractivity (Wildman–Crippen MR) is 93.9 cm³/mol. The number of amides is 1. The van der Waals surface area contributed by atoms with Gasteiger partial charge in [0.05, 0.1) is 30.2 Å². The molecule has 1 aliphatic rings. The highest BCUT2D eigenvalue weighted by Crippen LogP contribution is 2.16. The number of sulfone groups is 1. The van der Waals surface area contributed by atoms with Gasteiger partial charge in [0.15, 0.2) is 9.84 Å². The number of esters is 1. The SMILES string of the molecule is CCOC(=O)c1ccc(CNC(=O)CN(C)[C@H]2CCS(=O)(=O)C2)cc1. The Kier molecular flexibility index (Phi) is 6.55. The van der Waals surface area contributed by atoms with E-state index in [0.29, 0.717) is 25.1 Å². The van der Waals surface area contributed by atoms with Gasteiger partial charge in [-0.3, -0.25) is 9.69 Å². The Morgan fingerprint density at radius 2 is 1.96 bits per heavy atom. The summed E-state index contributed by atoms with van der Waals surface area (Å²) in [5.41, 5.74) is 1.34. The van der Waals surface area contributed by atoms with Gasteiger partial charge in [0, 0.05) is 12.6 Å². The fourth-order valence-electron chi connectivity index (χ4n) is 2.71. The summed E-state index contributed by atoms with van der Waals surface area (Å²) in [6.07, 6.45) is 0.571. The van der Waals surface area contributed by atoms with Gasteiger partial charge in [-0.25, -0.2) is 13.2 Å². The van der Waals surface area contributed by atoms with E-state index in [1.807, 2.05) is 0 Å². The van der Waals surface area contributed by atoms with Crippen LogP contribution in [0.1, 0.15) is 29.3 Å². The van der Waals surface area contributed by atoms with Crippen molar-refractivity contribution in [1.29, 1.82) is 0 Å². The molecule has 0 radical (unpaired) electrons. The highest BCUT2D eigenvalue weighted by Gasteiger charge is 2.31. The molecular weight excluding hydrogens is 344 g/mol. The maximum Gasteiger partial charge on any atom is 0.338 e. The van der Waals surface area contributed by atoms with E-state index in [9.17, 15) is 18.0 Å². The molecule has 1 N–H and O–H groups in total. The van der Waals surface area contributed by atoms with Crippen LogP contribution >= 0.6 is 0 Å². The van der Waals surface area contributed by atoms with Crippen LogP contribution in [0.4, 0.5) is 0 Å². The molecule has 1 atom stereocenters. The number of hydrogen-bond donors (Lipinski definition) is 1. The van der Waals surface area contributed by atoms with E-state index >= 15 is 0 Å². The number of likely N-dealkylation sites (N-methyl/N-ethyl adjacent to an activating group) is 1.